The van der Waals surface area contributed by atoms with Crippen molar-refractivity contribution >= 4 is 0 Å². The molecule has 3 atom stereocenters. The van der Waals surface area contributed by atoms with Gasteiger partial charge in [0.1, 0.15) is 6.10 Å². The highest BCUT2D eigenvalue weighted by molar-refractivity contribution is 5.04. The molecule has 1 N–H and O–H groups in total. The Labute approximate surface area is 115 Å². The van der Waals surface area contributed by atoms with Crippen molar-refractivity contribution in [1.29, 1.82) is 0 Å². The van der Waals surface area contributed by atoms with E-state index in [1.54, 1.807) is 7.11 Å². The van der Waals surface area contributed by atoms with Gasteiger partial charge in [-0.25, -0.2) is 4.98 Å². The van der Waals surface area contributed by atoms with E-state index in [9.17, 15) is 0 Å². The standard InChI is InChI=1S/C14H25N3O2/c1-4-11(9-18-3)16-12-5-6-19-14(7-12)13-8-15-10-17(13)2/h8,10-12,14,16H,4-7,9H2,1-3H3. The fourth-order valence-electron chi connectivity index (χ4n) is 2.65. The zero-order valence-electron chi connectivity index (χ0n) is 12.1. The van der Waals surface area contributed by atoms with Crippen molar-refractivity contribution in [3.63, 3.8) is 0 Å². The number of ether oxygens (including phenoxy) is 2. The summed E-state index contributed by atoms with van der Waals surface area (Å²) in [6.07, 6.45) is 7.03. The molecule has 1 aromatic rings. The van der Waals surface area contributed by atoms with Crippen LogP contribution in [0, 0.1) is 0 Å². The lowest BCUT2D eigenvalue weighted by Gasteiger charge is -2.32. The third kappa shape index (κ3) is 3.78. The van der Waals surface area contributed by atoms with E-state index in [1.165, 1.54) is 0 Å². The minimum absolute atomic E-state index is 0.152. The maximum atomic E-state index is 5.88. The molecule has 108 valence electrons. The molecule has 1 fully saturated rings. The molecule has 0 saturated carbocycles. The van der Waals surface area contributed by atoms with E-state index in [0.29, 0.717) is 12.1 Å². The highest BCUT2D eigenvalue weighted by Gasteiger charge is 2.26. The summed E-state index contributed by atoms with van der Waals surface area (Å²) < 4.78 is 13.2. The molecular formula is C14H25N3O2. The van der Waals surface area contributed by atoms with Crippen LogP contribution in [0.1, 0.15) is 38.0 Å². The average molecular weight is 267 g/mol. The van der Waals surface area contributed by atoms with Crippen LogP contribution in [0.4, 0.5) is 0 Å². The van der Waals surface area contributed by atoms with E-state index < -0.39 is 0 Å². The lowest BCUT2D eigenvalue weighted by molar-refractivity contribution is -0.00768. The number of aryl methyl sites for hydroxylation is 1. The van der Waals surface area contributed by atoms with Gasteiger partial charge in [-0.3, -0.25) is 0 Å². The second-order valence-electron chi connectivity index (χ2n) is 5.24. The maximum Gasteiger partial charge on any atom is 0.100 e. The summed E-state index contributed by atoms with van der Waals surface area (Å²) in [5.74, 6) is 0. The summed E-state index contributed by atoms with van der Waals surface area (Å²) in [4.78, 5) is 4.17. The van der Waals surface area contributed by atoms with Gasteiger partial charge in [0.2, 0.25) is 0 Å². The first-order valence-corrected chi connectivity index (χ1v) is 7.07. The predicted molar refractivity (Wildman–Crippen MR) is 74.0 cm³/mol. The van der Waals surface area contributed by atoms with Crippen LogP contribution in [0.15, 0.2) is 12.5 Å². The van der Waals surface area contributed by atoms with Crippen molar-refractivity contribution in [2.24, 2.45) is 7.05 Å². The molecule has 2 rings (SSSR count). The number of nitrogens with zero attached hydrogens (tertiary/aromatic N) is 2. The molecule has 5 heteroatoms. The van der Waals surface area contributed by atoms with E-state index >= 15 is 0 Å². The van der Waals surface area contributed by atoms with Crippen molar-refractivity contribution in [2.45, 2.75) is 44.4 Å². The molecule has 0 amide bonds. The Morgan fingerprint density at radius 1 is 1.63 bits per heavy atom. The third-order valence-electron chi connectivity index (χ3n) is 3.80. The van der Waals surface area contributed by atoms with Gasteiger partial charge in [-0.15, -0.1) is 0 Å². The second kappa shape index (κ2) is 7.03. The first-order valence-electron chi connectivity index (χ1n) is 7.07. The molecule has 0 bridgehead atoms. The summed E-state index contributed by atoms with van der Waals surface area (Å²) >= 11 is 0. The molecule has 5 nitrogen and oxygen atoms in total. The topological polar surface area (TPSA) is 48.3 Å². The van der Waals surface area contributed by atoms with Crippen LogP contribution in [-0.2, 0) is 16.5 Å². The van der Waals surface area contributed by atoms with Gasteiger partial charge in [0.15, 0.2) is 0 Å². The van der Waals surface area contributed by atoms with E-state index in [2.05, 4.69) is 17.2 Å². The molecule has 1 aliphatic heterocycles. The molecule has 1 aliphatic rings. The van der Waals surface area contributed by atoms with Gasteiger partial charge < -0.3 is 19.4 Å². The molecular weight excluding hydrogens is 242 g/mol. The predicted octanol–water partition coefficient (Wildman–Crippen LogP) is 1.65. The van der Waals surface area contributed by atoms with Gasteiger partial charge in [-0.1, -0.05) is 6.92 Å². The Kier molecular flexibility index (Phi) is 5.36. The molecule has 2 heterocycles. The lowest BCUT2D eigenvalue weighted by atomic mass is 10.00. The first kappa shape index (κ1) is 14.5. The number of nitrogens with one attached hydrogen (secondary N) is 1. The minimum Gasteiger partial charge on any atom is -0.383 e. The van der Waals surface area contributed by atoms with Crippen LogP contribution in [-0.4, -0.2) is 42.0 Å². The first-order chi connectivity index (χ1) is 9.24. The van der Waals surface area contributed by atoms with E-state index in [-0.39, 0.29) is 6.10 Å². The van der Waals surface area contributed by atoms with Crippen LogP contribution in [0.2, 0.25) is 0 Å². The largest absolute Gasteiger partial charge is 0.383 e. The van der Waals surface area contributed by atoms with Crippen molar-refractivity contribution in [2.75, 3.05) is 20.3 Å². The fraction of sp³-hybridized carbons (Fsp3) is 0.786. The second-order valence-corrected chi connectivity index (χ2v) is 5.24. The van der Waals surface area contributed by atoms with E-state index in [4.69, 9.17) is 9.47 Å². The Hall–Kier alpha value is -0.910. The zero-order chi connectivity index (χ0) is 13.7. The van der Waals surface area contributed by atoms with E-state index in [0.717, 1.165) is 38.2 Å². The summed E-state index contributed by atoms with van der Waals surface area (Å²) in [5, 5.41) is 3.68. The Morgan fingerprint density at radius 3 is 3.11 bits per heavy atom. The highest BCUT2D eigenvalue weighted by atomic mass is 16.5. The minimum atomic E-state index is 0.152. The summed E-state index contributed by atoms with van der Waals surface area (Å²) in [7, 11) is 3.77. The monoisotopic (exact) mass is 267 g/mol. The van der Waals surface area contributed by atoms with Gasteiger partial charge in [-0.05, 0) is 19.3 Å². The van der Waals surface area contributed by atoms with Gasteiger partial charge >= 0.3 is 0 Å². The molecule has 0 spiro atoms. The van der Waals surface area contributed by atoms with Gasteiger partial charge in [0.05, 0.1) is 24.8 Å². The van der Waals surface area contributed by atoms with Gasteiger partial charge in [0, 0.05) is 32.8 Å². The summed E-state index contributed by atoms with van der Waals surface area (Å²) in [5.41, 5.74) is 1.16. The molecule has 0 radical (unpaired) electrons. The average Bonchev–Trinajstić information content (AvgIpc) is 2.85. The van der Waals surface area contributed by atoms with Crippen LogP contribution in [0.3, 0.4) is 0 Å². The lowest BCUT2D eigenvalue weighted by Crippen LogP contribution is -2.44. The number of aromatic nitrogens is 2. The number of hydrogen-bond donors (Lipinski definition) is 1. The number of hydrogen-bond acceptors (Lipinski definition) is 4. The zero-order valence-corrected chi connectivity index (χ0v) is 12.1. The molecule has 1 saturated heterocycles. The number of methoxy groups -OCH3 is 1. The molecule has 0 aliphatic carbocycles. The molecule has 19 heavy (non-hydrogen) atoms. The Bertz CT molecular complexity index is 381. The van der Waals surface area contributed by atoms with Crippen LogP contribution >= 0.6 is 0 Å². The van der Waals surface area contributed by atoms with Crippen LogP contribution in [0.25, 0.3) is 0 Å². The van der Waals surface area contributed by atoms with Crippen LogP contribution < -0.4 is 5.32 Å². The van der Waals surface area contributed by atoms with Crippen molar-refractivity contribution < 1.29 is 9.47 Å². The Morgan fingerprint density at radius 2 is 2.47 bits per heavy atom. The van der Waals surface area contributed by atoms with Gasteiger partial charge in [0.25, 0.3) is 0 Å². The fourth-order valence-corrected chi connectivity index (χ4v) is 2.65. The van der Waals surface area contributed by atoms with Crippen molar-refractivity contribution in [3.8, 4) is 0 Å². The highest BCUT2D eigenvalue weighted by Crippen LogP contribution is 2.27. The Balaban J connectivity index is 1.92. The summed E-state index contributed by atoms with van der Waals surface area (Å²) in [6, 6.07) is 0.925. The van der Waals surface area contributed by atoms with E-state index in [1.807, 2.05) is 24.1 Å². The quantitative estimate of drug-likeness (QED) is 0.851. The summed E-state index contributed by atoms with van der Waals surface area (Å²) in [6.45, 7) is 3.76. The molecule has 0 aromatic carbocycles. The third-order valence-corrected chi connectivity index (χ3v) is 3.80. The normalized spacial score (nSPS) is 25.4. The van der Waals surface area contributed by atoms with Crippen molar-refractivity contribution in [3.05, 3.63) is 18.2 Å². The van der Waals surface area contributed by atoms with Crippen LogP contribution in [0.5, 0.6) is 0 Å². The number of imidazole rings is 1. The maximum absolute atomic E-state index is 5.88. The van der Waals surface area contributed by atoms with Gasteiger partial charge in [-0.2, -0.15) is 0 Å². The molecule has 1 aromatic heterocycles. The molecule has 3 unspecified atom stereocenters. The van der Waals surface area contributed by atoms with Crippen molar-refractivity contribution in [1.82, 2.24) is 14.9 Å². The smallest absolute Gasteiger partial charge is 0.100 e. The SMILES string of the molecule is CCC(COC)NC1CCOC(c2cncn2C)C1. The number of rotatable bonds is 6.